The molecule has 0 bridgehead atoms. The van der Waals surface area contributed by atoms with Crippen LogP contribution >= 0.6 is 11.3 Å². The van der Waals surface area contributed by atoms with Gasteiger partial charge in [0.15, 0.2) is 0 Å². The van der Waals surface area contributed by atoms with Crippen molar-refractivity contribution < 1.29 is 4.74 Å². The zero-order valence-corrected chi connectivity index (χ0v) is 13.5. The molecule has 0 fully saturated rings. The number of hydrogen-bond acceptors (Lipinski definition) is 3. The molecule has 0 radical (unpaired) electrons. The van der Waals surface area contributed by atoms with Crippen molar-refractivity contribution in [1.82, 2.24) is 5.32 Å². The Kier molecular flexibility index (Phi) is 5.21. The van der Waals surface area contributed by atoms with Crippen LogP contribution in [0.25, 0.3) is 0 Å². The Morgan fingerprint density at radius 3 is 2.40 bits per heavy atom. The summed E-state index contributed by atoms with van der Waals surface area (Å²) >= 11 is 1.73. The number of ether oxygens (including phenoxy) is 1. The molecule has 0 aliphatic rings. The van der Waals surface area contributed by atoms with E-state index in [4.69, 9.17) is 4.74 Å². The minimum absolute atomic E-state index is 0.193. The van der Waals surface area contributed by atoms with Crippen molar-refractivity contribution in [3.63, 3.8) is 0 Å². The van der Waals surface area contributed by atoms with Crippen LogP contribution in [-0.4, -0.2) is 14.2 Å². The van der Waals surface area contributed by atoms with Crippen LogP contribution in [-0.2, 0) is 6.42 Å². The molecule has 0 amide bonds. The fourth-order valence-electron chi connectivity index (χ4n) is 2.45. The zero-order valence-electron chi connectivity index (χ0n) is 12.6. The van der Waals surface area contributed by atoms with E-state index in [-0.39, 0.29) is 6.04 Å². The third kappa shape index (κ3) is 3.41. The molecule has 2 rings (SSSR count). The molecule has 1 atom stereocenters. The molecule has 0 saturated heterocycles. The Morgan fingerprint density at radius 2 is 1.85 bits per heavy atom. The molecule has 2 aromatic rings. The first-order valence-corrected chi connectivity index (χ1v) is 7.91. The van der Waals surface area contributed by atoms with Gasteiger partial charge >= 0.3 is 0 Å². The van der Waals surface area contributed by atoms with Gasteiger partial charge < -0.3 is 10.1 Å². The third-order valence-electron chi connectivity index (χ3n) is 3.39. The highest BCUT2D eigenvalue weighted by atomic mass is 32.1. The molecule has 108 valence electrons. The number of rotatable bonds is 6. The van der Waals surface area contributed by atoms with E-state index < -0.39 is 0 Å². The first-order chi connectivity index (χ1) is 9.65. The number of nitrogens with one attached hydrogen (secondary N) is 1. The smallest absolute Gasteiger partial charge is 0.134 e. The van der Waals surface area contributed by atoms with Crippen LogP contribution in [0.4, 0.5) is 0 Å². The predicted octanol–water partition coefficient (Wildman–Crippen LogP) is 4.26. The summed E-state index contributed by atoms with van der Waals surface area (Å²) < 4.78 is 5.44. The Labute approximate surface area is 125 Å². The summed E-state index contributed by atoms with van der Waals surface area (Å²) in [7, 11) is 3.72. The Bertz CT molecular complexity index is 530. The summed E-state index contributed by atoms with van der Waals surface area (Å²) in [6.45, 7) is 4.50. The van der Waals surface area contributed by atoms with Gasteiger partial charge in [-0.15, -0.1) is 11.3 Å². The molecule has 1 aromatic heterocycles. The fourth-order valence-corrected chi connectivity index (χ4v) is 3.45. The van der Waals surface area contributed by atoms with E-state index in [9.17, 15) is 0 Å². The summed E-state index contributed by atoms with van der Waals surface area (Å²) in [5, 5.41) is 5.46. The second-order valence-electron chi connectivity index (χ2n) is 5.41. The third-order valence-corrected chi connectivity index (χ3v) is 4.35. The standard InChI is InChI=1S/C17H23NOS/c1-12(2)11-13-5-7-14(8-6-13)16(18-3)17-15(19-4)9-10-20-17/h5-10,12,16,18H,11H2,1-4H3. The molecule has 2 nitrogen and oxygen atoms in total. The summed E-state index contributed by atoms with van der Waals surface area (Å²) in [6, 6.07) is 11.1. The summed E-state index contributed by atoms with van der Waals surface area (Å²) in [4.78, 5) is 1.23. The van der Waals surface area contributed by atoms with Crippen molar-refractivity contribution in [2.24, 2.45) is 5.92 Å². The zero-order chi connectivity index (χ0) is 14.5. The number of hydrogen-bond donors (Lipinski definition) is 1. The van der Waals surface area contributed by atoms with Crippen molar-refractivity contribution in [3.05, 3.63) is 51.7 Å². The average molecular weight is 289 g/mol. The van der Waals surface area contributed by atoms with Crippen molar-refractivity contribution >= 4 is 11.3 Å². The highest BCUT2D eigenvalue weighted by Crippen LogP contribution is 2.34. The molecule has 1 aromatic carbocycles. The maximum atomic E-state index is 5.44. The summed E-state index contributed by atoms with van der Waals surface area (Å²) in [6.07, 6.45) is 1.13. The van der Waals surface area contributed by atoms with E-state index in [1.165, 1.54) is 16.0 Å². The normalized spacial score (nSPS) is 12.7. The van der Waals surface area contributed by atoms with Crippen molar-refractivity contribution in [2.75, 3.05) is 14.2 Å². The quantitative estimate of drug-likeness (QED) is 0.857. The van der Waals surface area contributed by atoms with Crippen molar-refractivity contribution in [3.8, 4) is 5.75 Å². The van der Waals surface area contributed by atoms with Gasteiger partial charge in [0.25, 0.3) is 0 Å². The lowest BCUT2D eigenvalue weighted by Crippen LogP contribution is -2.17. The molecule has 1 unspecified atom stereocenters. The van der Waals surface area contributed by atoms with Crippen molar-refractivity contribution in [2.45, 2.75) is 26.3 Å². The predicted molar refractivity (Wildman–Crippen MR) is 86.8 cm³/mol. The second kappa shape index (κ2) is 6.91. The minimum atomic E-state index is 0.193. The van der Waals surface area contributed by atoms with Crippen LogP contribution in [0.3, 0.4) is 0 Å². The molecular weight excluding hydrogens is 266 g/mol. The molecule has 0 saturated carbocycles. The van der Waals surface area contributed by atoms with Gasteiger partial charge in [-0.1, -0.05) is 38.1 Å². The molecule has 0 aliphatic heterocycles. The maximum absolute atomic E-state index is 5.44. The highest BCUT2D eigenvalue weighted by molar-refractivity contribution is 7.10. The molecule has 0 spiro atoms. The van der Waals surface area contributed by atoms with E-state index >= 15 is 0 Å². The molecule has 1 N–H and O–H groups in total. The van der Waals surface area contributed by atoms with E-state index in [0.29, 0.717) is 5.92 Å². The largest absolute Gasteiger partial charge is 0.496 e. The minimum Gasteiger partial charge on any atom is -0.496 e. The van der Waals surface area contributed by atoms with Crippen LogP contribution in [0, 0.1) is 5.92 Å². The Balaban J connectivity index is 2.24. The number of benzene rings is 1. The van der Waals surface area contributed by atoms with Crippen LogP contribution < -0.4 is 10.1 Å². The van der Waals surface area contributed by atoms with Crippen molar-refractivity contribution in [1.29, 1.82) is 0 Å². The molecular formula is C17H23NOS. The van der Waals surface area contributed by atoms with Gasteiger partial charge in [0.2, 0.25) is 0 Å². The highest BCUT2D eigenvalue weighted by Gasteiger charge is 2.17. The Hall–Kier alpha value is -1.32. The topological polar surface area (TPSA) is 21.3 Å². The summed E-state index contributed by atoms with van der Waals surface area (Å²) in [5.41, 5.74) is 2.68. The van der Waals surface area contributed by atoms with Gasteiger partial charge in [-0.25, -0.2) is 0 Å². The SMILES string of the molecule is CNC(c1ccc(CC(C)C)cc1)c1sccc1OC. The first-order valence-electron chi connectivity index (χ1n) is 7.03. The molecule has 0 aliphatic carbocycles. The van der Waals surface area contributed by atoms with Gasteiger partial charge in [0.1, 0.15) is 5.75 Å². The van der Waals surface area contributed by atoms with E-state index in [0.717, 1.165) is 12.2 Å². The lowest BCUT2D eigenvalue weighted by Gasteiger charge is -2.17. The molecule has 20 heavy (non-hydrogen) atoms. The molecule has 3 heteroatoms. The van der Waals surface area contributed by atoms with Crippen LogP contribution in [0.5, 0.6) is 5.75 Å². The van der Waals surface area contributed by atoms with Gasteiger partial charge in [-0.3, -0.25) is 0 Å². The number of methoxy groups -OCH3 is 1. The summed E-state index contributed by atoms with van der Waals surface area (Å²) in [5.74, 6) is 1.65. The second-order valence-corrected chi connectivity index (χ2v) is 6.36. The Morgan fingerprint density at radius 1 is 1.15 bits per heavy atom. The van der Waals surface area contributed by atoms with E-state index in [1.807, 2.05) is 13.1 Å². The lowest BCUT2D eigenvalue weighted by molar-refractivity contribution is 0.408. The monoisotopic (exact) mass is 289 g/mol. The first kappa shape index (κ1) is 15.1. The van der Waals surface area contributed by atoms with Crippen LogP contribution in [0.15, 0.2) is 35.7 Å². The van der Waals surface area contributed by atoms with Crippen LogP contribution in [0.2, 0.25) is 0 Å². The van der Waals surface area contributed by atoms with Gasteiger partial charge in [0.05, 0.1) is 18.0 Å². The van der Waals surface area contributed by atoms with Crippen LogP contribution in [0.1, 0.15) is 35.9 Å². The lowest BCUT2D eigenvalue weighted by atomic mass is 9.99. The van der Waals surface area contributed by atoms with Gasteiger partial charge in [-0.05, 0) is 42.0 Å². The van der Waals surface area contributed by atoms with E-state index in [1.54, 1.807) is 18.4 Å². The maximum Gasteiger partial charge on any atom is 0.134 e. The van der Waals surface area contributed by atoms with Gasteiger partial charge in [-0.2, -0.15) is 0 Å². The average Bonchev–Trinajstić information content (AvgIpc) is 2.89. The number of thiophene rings is 1. The van der Waals surface area contributed by atoms with E-state index in [2.05, 4.69) is 48.8 Å². The molecule has 1 heterocycles. The van der Waals surface area contributed by atoms with Gasteiger partial charge in [0, 0.05) is 0 Å². The fraction of sp³-hybridized carbons (Fsp3) is 0.412.